The van der Waals surface area contributed by atoms with E-state index in [9.17, 15) is 4.39 Å². The van der Waals surface area contributed by atoms with Crippen molar-refractivity contribution in [2.24, 2.45) is 5.73 Å². The standard InChI is InChI=1S/C13H19FN2/c14-12-4-1-3-11(9-12)5-7-13(10-15)6-2-8-16-13/h1,3-4,9,16H,2,5-8,10,15H2. The van der Waals surface area contributed by atoms with Gasteiger partial charge in [0, 0.05) is 12.1 Å². The van der Waals surface area contributed by atoms with Crippen LogP contribution in [0.2, 0.25) is 0 Å². The van der Waals surface area contributed by atoms with Crippen molar-refractivity contribution in [2.45, 2.75) is 31.2 Å². The highest BCUT2D eigenvalue weighted by atomic mass is 19.1. The summed E-state index contributed by atoms with van der Waals surface area (Å²) in [6, 6.07) is 6.83. The molecule has 0 saturated carbocycles. The van der Waals surface area contributed by atoms with Gasteiger partial charge in [-0.25, -0.2) is 4.39 Å². The SMILES string of the molecule is NCC1(CCc2cccc(F)c2)CCCN1. The third-order valence-corrected chi connectivity index (χ3v) is 3.50. The molecule has 2 nitrogen and oxygen atoms in total. The highest BCUT2D eigenvalue weighted by molar-refractivity contribution is 5.17. The summed E-state index contributed by atoms with van der Waals surface area (Å²) < 4.78 is 13.0. The van der Waals surface area contributed by atoms with E-state index in [0.29, 0.717) is 6.54 Å². The molecule has 0 bridgehead atoms. The lowest BCUT2D eigenvalue weighted by molar-refractivity contribution is 0.358. The van der Waals surface area contributed by atoms with Gasteiger partial charge in [0.2, 0.25) is 0 Å². The monoisotopic (exact) mass is 222 g/mol. The Morgan fingerprint density at radius 1 is 1.44 bits per heavy atom. The van der Waals surface area contributed by atoms with Gasteiger partial charge in [0.1, 0.15) is 5.82 Å². The Bertz CT molecular complexity index is 346. The molecule has 1 aliphatic rings. The highest BCUT2D eigenvalue weighted by Gasteiger charge is 2.31. The first kappa shape index (κ1) is 11.6. The topological polar surface area (TPSA) is 38.0 Å². The predicted molar refractivity (Wildman–Crippen MR) is 63.7 cm³/mol. The Hall–Kier alpha value is -0.930. The van der Waals surface area contributed by atoms with Gasteiger partial charge in [-0.2, -0.15) is 0 Å². The zero-order valence-corrected chi connectivity index (χ0v) is 9.51. The highest BCUT2D eigenvalue weighted by Crippen LogP contribution is 2.24. The van der Waals surface area contributed by atoms with Crippen LogP contribution in [-0.4, -0.2) is 18.6 Å². The van der Waals surface area contributed by atoms with Crippen LogP contribution in [0.25, 0.3) is 0 Å². The van der Waals surface area contributed by atoms with Crippen LogP contribution in [0.1, 0.15) is 24.8 Å². The molecule has 3 heteroatoms. The smallest absolute Gasteiger partial charge is 0.123 e. The van der Waals surface area contributed by atoms with Crippen LogP contribution in [0.4, 0.5) is 4.39 Å². The fourth-order valence-electron chi connectivity index (χ4n) is 2.43. The van der Waals surface area contributed by atoms with Crippen molar-refractivity contribution in [3.05, 3.63) is 35.6 Å². The molecule has 1 saturated heterocycles. The maximum Gasteiger partial charge on any atom is 0.123 e. The number of halogens is 1. The minimum Gasteiger partial charge on any atom is -0.329 e. The average molecular weight is 222 g/mol. The molecule has 2 rings (SSSR count). The van der Waals surface area contributed by atoms with Gasteiger partial charge in [0.05, 0.1) is 0 Å². The second-order valence-corrected chi connectivity index (χ2v) is 4.64. The van der Waals surface area contributed by atoms with Gasteiger partial charge in [-0.05, 0) is 49.9 Å². The van der Waals surface area contributed by atoms with Gasteiger partial charge in [0.25, 0.3) is 0 Å². The van der Waals surface area contributed by atoms with E-state index in [1.54, 1.807) is 12.1 Å². The molecule has 3 N–H and O–H groups in total. The number of hydrogen-bond acceptors (Lipinski definition) is 2. The zero-order valence-electron chi connectivity index (χ0n) is 9.51. The molecule has 1 aliphatic heterocycles. The third kappa shape index (κ3) is 2.60. The van der Waals surface area contributed by atoms with Gasteiger partial charge in [0.15, 0.2) is 0 Å². The van der Waals surface area contributed by atoms with Crippen LogP contribution < -0.4 is 11.1 Å². The molecule has 1 aromatic rings. The summed E-state index contributed by atoms with van der Waals surface area (Å²) in [5, 5.41) is 3.49. The van der Waals surface area contributed by atoms with Crippen LogP contribution in [0.5, 0.6) is 0 Å². The van der Waals surface area contributed by atoms with Gasteiger partial charge < -0.3 is 11.1 Å². The van der Waals surface area contributed by atoms with Gasteiger partial charge >= 0.3 is 0 Å². The Morgan fingerprint density at radius 3 is 2.94 bits per heavy atom. The summed E-state index contributed by atoms with van der Waals surface area (Å²) in [6.45, 7) is 1.72. The number of aryl methyl sites for hydroxylation is 1. The number of nitrogens with one attached hydrogen (secondary N) is 1. The molecule has 0 aliphatic carbocycles. The summed E-state index contributed by atoms with van der Waals surface area (Å²) in [7, 11) is 0. The molecule has 88 valence electrons. The number of hydrogen-bond donors (Lipinski definition) is 2. The normalized spacial score (nSPS) is 24.9. The molecule has 1 aromatic carbocycles. The maximum absolute atomic E-state index is 13.0. The largest absolute Gasteiger partial charge is 0.329 e. The third-order valence-electron chi connectivity index (χ3n) is 3.50. The van der Waals surface area contributed by atoms with E-state index < -0.39 is 0 Å². The lowest BCUT2D eigenvalue weighted by atomic mass is 9.90. The van der Waals surface area contributed by atoms with E-state index in [4.69, 9.17) is 5.73 Å². The summed E-state index contributed by atoms with van der Waals surface area (Å²) >= 11 is 0. The number of benzene rings is 1. The van der Waals surface area contributed by atoms with Crippen molar-refractivity contribution in [3.63, 3.8) is 0 Å². The van der Waals surface area contributed by atoms with Crippen molar-refractivity contribution in [1.82, 2.24) is 5.32 Å². The first-order valence-corrected chi connectivity index (χ1v) is 5.94. The Morgan fingerprint density at radius 2 is 2.31 bits per heavy atom. The Labute approximate surface area is 96.0 Å². The van der Waals surface area contributed by atoms with Crippen LogP contribution in [0.3, 0.4) is 0 Å². The van der Waals surface area contributed by atoms with Gasteiger partial charge in [-0.1, -0.05) is 12.1 Å². The average Bonchev–Trinajstić information content (AvgIpc) is 2.76. The van der Waals surface area contributed by atoms with Crippen molar-refractivity contribution < 1.29 is 4.39 Å². The Balaban J connectivity index is 1.95. The van der Waals surface area contributed by atoms with E-state index in [2.05, 4.69) is 5.32 Å². The van der Waals surface area contributed by atoms with Gasteiger partial charge in [-0.15, -0.1) is 0 Å². The van der Waals surface area contributed by atoms with E-state index in [0.717, 1.165) is 31.4 Å². The molecular weight excluding hydrogens is 203 g/mol. The van der Waals surface area contributed by atoms with Crippen LogP contribution in [0.15, 0.2) is 24.3 Å². The molecule has 0 amide bonds. The van der Waals surface area contributed by atoms with E-state index in [1.165, 1.54) is 12.5 Å². The summed E-state index contributed by atoms with van der Waals surface area (Å²) in [5.74, 6) is -0.154. The molecule has 1 heterocycles. The molecule has 0 spiro atoms. The molecular formula is C13H19FN2. The Kier molecular flexibility index (Phi) is 3.56. The van der Waals surface area contributed by atoms with Crippen molar-refractivity contribution in [3.8, 4) is 0 Å². The van der Waals surface area contributed by atoms with Crippen LogP contribution in [-0.2, 0) is 6.42 Å². The first-order valence-electron chi connectivity index (χ1n) is 5.94. The minimum atomic E-state index is -0.154. The van der Waals surface area contributed by atoms with Crippen molar-refractivity contribution in [2.75, 3.05) is 13.1 Å². The summed E-state index contributed by atoms with van der Waals surface area (Å²) in [4.78, 5) is 0. The molecule has 0 aromatic heterocycles. The van der Waals surface area contributed by atoms with Crippen molar-refractivity contribution in [1.29, 1.82) is 0 Å². The fraction of sp³-hybridized carbons (Fsp3) is 0.538. The van der Waals surface area contributed by atoms with E-state index in [1.807, 2.05) is 6.07 Å². The predicted octanol–water partition coefficient (Wildman–Crippen LogP) is 1.84. The van der Waals surface area contributed by atoms with Gasteiger partial charge in [-0.3, -0.25) is 0 Å². The maximum atomic E-state index is 13.0. The van der Waals surface area contributed by atoms with E-state index in [-0.39, 0.29) is 11.4 Å². The quantitative estimate of drug-likeness (QED) is 0.815. The van der Waals surface area contributed by atoms with E-state index >= 15 is 0 Å². The lowest BCUT2D eigenvalue weighted by Gasteiger charge is -2.27. The lowest BCUT2D eigenvalue weighted by Crippen LogP contribution is -2.46. The number of nitrogens with two attached hydrogens (primary N) is 1. The second-order valence-electron chi connectivity index (χ2n) is 4.64. The molecule has 16 heavy (non-hydrogen) atoms. The fourth-order valence-corrected chi connectivity index (χ4v) is 2.43. The molecule has 1 atom stereocenters. The molecule has 1 unspecified atom stereocenters. The first-order chi connectivity index (χ1) is 7.74. The summed E-state index contributed by atoms with van der Waals surface area (Å²) in [5.41, 5.74) is 6.97. The minimum absolute atomic E-state index is 0.0896. The van der Waals surface area contributed by atoms with Crippen LogP contribution >= 0.6 is 0 Å². The number of rotatable bonds is 4. The van der Waals surface area contributed by atoms with Crippen LogP contribution in [0, 0.1) is 5.82 Å². The molecule has 1 fully saturated rings. The molecule has 0 radical (unpaired) electrons. The summed E-state index contributed by atoms with van der Waals surface area (Å²) in [6.07, 6.45) is 4.22. The van der Waals surface area contributed by atoms with Crippen molar-refractivity contribution >= 4 is 0 Å². The zero-order chi connectivity index (χ0) is 11.4. The second kappa shape index (κ2) is 4.93.